The number of halogens is 1. The Morgan fingerprint density at radius 3 is 2.58 bits per heavy atom. The van der Waals surface area contributed by atoms with Gasteiger partial charge in [0.25, 0.3) is 10.0 Å². The highest BCUT2D eigenvalue weighted by Gasteiger charge is 2.20. The first-order valence-corrected chi connectivity index (χ1v) is 11.8. The van der Waals surface area contributed by atoms with Crippen LogP contribution in [0.15, 0.2) is 71.9 Å². The van der Waals surface area contributed by atoms with Crippen LogP contribution in [0.5, 0.6) is 0 Å². The second-order valence-corrected chi connectivity index (χ2v) is 9.41. The first-order chi connectivity index (χ1) is 15.7. The number of Topliss-reactive ketones (excluding diaryl/α,β-unsaturated/α-hetero) is 1. The summed E-state index contributed by atoms with van der Waals surface area (Å²) >= 11 is 6.10. The lowest BCUT2D eigenvalue weighted by atomic mass is 10.1. The summed E-state index contributed by atoms with van der Waals surface area (Å²) < 4.78 is 29.2. The molecule has 0 amide bonds. The predicted octanol–water partition coefficient (Wildman–Crippen LogP) is 4.99. The Labute approximate surface area is 196 Å². The van der Waals surface area contributed by atoms with Gasteiger partial charge >= 0.3 is 0 Å². The Morgan fingerprint density at radius 1 is 1.03 bits per heavy atom. The van der Waals surface area contributed by atoms with Crippen molar-refractivity contribution in [2.45, 2.75) is 18.7 Å². The van der Waals surface area contributed by atoms with Crippen molar-refractivity contribution in [3.05, 3.63) is 94.4 Å². The summed E-state index contributed by atoms with van der Waals surface area (Å²) in [6.07, 6.45) is 3.01. The molecule has 0 saturated carbocycles. The minimum absolute atomic E-state index is 0.0941. The maximum atomic E-state index is 13.3. The third kappa shape index (κ3) is 4.87. The highest BCUT2D eigenvalue weighted by Crippen LogP contribution is 2.26. The van der Waals surface area contributed by atoms with E-state index in [9.17, 15) is 13.2 Å². The van der Waals surface area contributed by atoms with Crippen LogP contribution in [-0.2, 0) is 10.0 Å². The van der Waals surface area contributed by atoms with Gasteiger partial charge in [-0.1, -0.05) is 41.6 Å². The monoisotopic (exact) mass is 475 g/mol. The van der Waals surface area contributed by atoms with Gasteiger partial charge in [0, 0.05) is 35.8 Å². The van der Waals surface area contributed by atoms with Gasteiger partial charge in [-0.15, -0.1) is 0 Å². The average molecular weight is 476 g/mol. The van der Waals surface area contributed by atoms with Gasteiger partial charge in [0.05, 0.1) is 16.2 Å². The minimum Gasteiger partial charge on any atom is -0.293 e. The molecule has 0 radical (unpaired) electrons. The lowest BCUT2D eigenvalue weighted by molar-refractivity contribution is 0.101. The number of sulfonamides is 1. The number of nitrogens with one attached hydrogen (secondary N) is 1. The topological polar surface area (TPSA) is 89.0 Å². The number of nitrogens with zero attached hydrogens (tertiary/aromatic N) is 2. The molecule has 0 atom stereocenters. The first-order valence-electron chi connectivity index (χ1n) is 9.90. The van der Waals surface area contributed by atoms with E-state index in [1.807, 2.05) is 19.1 Å². The molecule has 0 bridgehead atoms. The number of para-hydroxylation sites is 1. The van der Waals surface area contributed by atoms with Gasteiger partial charge in [-0.3, -0.25) is 19.5 Å². The van der Waals surface area contributed by atoms with Crippen molar-refractivity contribution in [3.63, 3.8) is 0 Å². The van der Waals surface area contributed by atoms with Gasteiger partial charge in [0.15, 0.2) is 5.78 Å². The second kappa shape index (κ2) is 9.02. The highest BCUT2D eigenvalue weighted by molar-refractivity contribution is 7.93. The molecule has 8 heteroatoms. The molecular weight excluding hydrogens is 458 g/mol. The molecule has 164 valence electrons. The van der Waals surface area contributed by atoms with Crippen molar-refractivity contribution in [1.82, 2.24) is 9.97 Å². The number of hydrogen-bond acceptors (Lipinski definition) is 5. The van der Waals surface area contributed by atoms with Crippen molar-refractivity contribution in [2.24, 2.45) is 0 Å². The highest BCUT2D eigenvalue weighted by atomic mass is 35.5. The molecule has 33 heavy (non-hydrogen) atoms. The molecule has 2 heterocycles. The van der Waals surface area contributed by atoms with E-state index in [1.165, 1.54) is 13.1 Å². The summed E-state index contributed by atoms with van der Waals surface area (Å²) in [4.78, 5) is 19.9. The van der Waals surface area contributed by atoms with Crippen molar-refractivity contribution in [3.8, 4) is 11.8 Å². The largest absolute Gasteiger partial charge is 0.293 e. The molecule has 4 rings (SSSR count). The normalized spacial score (nSPS) is 11.0. The zero-order chi connectivity index (χ0) is 23.6. The Bertz CT molecular complexity index is 1570. The van der Waals surface area contributed by atoms with E-state index in [0.29, 0.717) is 22.3 Å². The van der Waals surface area contributed by atoms with Crippen LogP contribution in [0, 0.1) is 18.8 Å². The molecule has 0 aliphatic heterocycles. The number of carbonyl (C=O) groups is 1. The summed E-state index contributed by atoms with van der Waals surface area (Å²) in [5.74, 6) is 5.63. The maximum Gasteiger partial charge on any atom is 0.264 e. The van der Waals surface area contributed by atoms with Gasteiger partial charge in [0.2, 0.25) is 0 Å². The van der Waals surface area contributed by atoms with Crippen molar-refractivity contribution < 1.29 is 13.2 Å². The lowest BCUT2D eigenvalue weighted by Gasteiger charge is -2.12. The SMILES string of the molecule is CC(=O)c1ncc(C#Cc2ccccc2NS(=O)(=O)c2cc(C)cc3cccnc23)cc1Cl. The maximum absolute atomic E-state index is 13.3. The molecule has 6 nitrogen and oxygen atoms in total. The second-order valence-electron chi connectivity index (χ2n) is 7.35. The number of fused-ring (bicyclic) bond motifs is 1. The summed E-state index contributed by atoms with van der Waals surface area (Å²) in [6.45, 7) is 3.22. The van der Waals surface area contributed by atoms with Crippen LogP contribution in [0.1, 0.15) is 34.1 Å². The van der Waals surface area contributed by atoms with E-state index < -0.39 is 10.0 Å². The van der Waals surface area contributed by atoms with Gasteiger partial charge in [0.1, 0.15) is 10.6 Å². The zero-order valence-electron chi connectivity index (χ0n) is 17.8. The number of aryl methyl sites for hydroxylation is 1. The zero-order valence-corrected chi connectivity index (χ0v) is 19.3. The summed E-state index contributed by atoms with van der Waals surface area (Å²) in [7, 11) is -3.94. The number of ketones is 1. The molecular formula is C25H18ClN3O3S. The fourth-order valence-corrected chi connectivity index (χ4v) is 4.94. The Hall–Kier alpha value is -3.73. The predicted molar refractivity (Wildman–Crippen MR) is 129 cm³/mol. The smallest absolute Gasteiger partial charge is 0.264 e. The number of anilines is 1. The number of carbonyl (C=O) groups excluding carboxylic acids is 1. The van der Waals surface area contributed by atoms with Crippen LogP contribution < -0.4 is 4.72 Å². The van der Waals surface area contributed by atoms with E-state index in [1.54, 1.807) is 48.7 Å². The van der Waals surface area contributed by atoms with Crippen LogP contribution in [0.3, 0.4) is 0 Å². The Morgan fingerprint density at radius 2 is 1.82 bits per heavy atom. The molecule has 0 saturated heterocycles. The molecule has 0 aliphatic carbocycles. The average Bonchev–Trinajstić information content (AvgIpc) is 2.77. The van der Waals surface area contributed by atoms with E-state index in [0.717, 1.165) is 10.9 Å². The number of pyridine rings is 2. The number of aromatic nitrogens is 2. The molecule has 4 aromatic rings. The van der Waals surface area contributed by atoms with Gasteiger partial charge in [-0.05, 0) is 48.9 Å². The third-order valence-corrected chi connectivity index (χ3v) is 6.46. The van der Waals surface area contributed by atoms with Gasteiger partial charge in [-0.2, -0.15) is 0 Å². The molecule has 2 aromatic carbocycles. The molecule has 1 N–H and O–H groups in total. The van der Waals surface area contributed by atoms with Crippen molar-refractivity contribution >= 4 is 44.0 Å². The van der Waals surface area contributed by atoms with Crippen LogP contribution in [0.4, 0.5) is 5.69 Å². The molecule has 0 unspecified atom stereocenters. The van der Waals surface area contributed by atoms with E-state index in [4.69, 9.17) is 11.6 Å². The molecule has 0 aliphatic rings. The summed E-state index contributed by atoms with van der Waals surface area (Å²) in [5, 5.41) is 0.950. The van der Waals surface area contributed by atoms with Crippen molar-refractivity contribution in [1.29, 1.82) is 0 Å². The number of rotatable bonds is 4. The van der Waals surface area contributed by atoms with Crippen LogP contribution in [0.25, 0.3) is 10.9 Å². The fraction of sp³-hybridized carbons (Fsp3) is 0.0800. The standard InChI is InChI=1S/C25H18ClN3O3S/c1-16-12-20-7-5-11-27-25(20)23(13-16)33(31,32)29-22-8-4-3-6-19(22)10-9-18-14-21(26)24(17(2)30)28-15-18/h3-8,11-15,29H,1-2H3. The van der Waals surface area contributed by atoms with Crippen LogP contribution in [0.2, 0.25) is 5.02 Å². The fourth-order valence-electron chi connectivity index (χ4n) is 3.29. The van der Waals surface area contributed by atoms with E-state index in [2.05, 4.69) is 26.5 Å². The van der Waals surface area contributed by atoms with Crippen LogP contribution in [-0.4, -0.2) is 24.2 Å². The summed E-state index contributed by atoms with van der Waals surface area (Å²) in [6, 6.07) is 15.4. The Balaban J connectivity index is 1.71. The molecule has 0 fully saturated rings. The first kappa shape index (κ1) is 22.5. The summed E-state index contributed by atoms with van der Waals surface area (Å²) in [5.41, 5.74) is 2.67. The van der Waals surface area contributed by atoms with E-state index in [-0.39, 0.29) is 21.4 Å². The minimum atomic E-state index is -3.94. The lowest BCUT2D eigenvalue weighted by Crippen LogP contribution is -2.15. The molecule has 2 aromatic heterocycles. The third-order valence-electron chi connectivity index (χ3n) is 4.79. The molecule has 0 spiro atoms. The number of hydrogen-bond donors (Lipinski definition) is 1. The van der Waals surface area contributed by atoms with Gasteiger partial charge < -0.3 is 0 Å². The van der Waals surface area contributed by atoms with Crippen LogP contribution >= 0.6 is 11.6 Å². The quantitative estimate of drug-likeness (QED) is 0.331. The number of benzene rings is 2. The van der Waals surface area contributed by atoms with Crippen molar-refractivity contribution in [2.75, 3.05) is 4.72 Å². The van der Waals surface area contributed by atoms with Gasteiger partial charge in [-0.25, -0.2) is 8.42 Å². The van der Waals surface area contributed by atoms with E-state index >= 15 is 0 Å². The Kier molecular flexibility index (Phi) is 6.14.